The van der Waals surface area contributed by atoms with Crippen molar-refractivity contribution in [3.8, 4) is 5.75 Å². The second-order valence-corrected chi connectivity index (χ2v) is 10.6. The molecule has 3 aromatic carbocycles. The molecule has 0 saturated heterocycles. The summed E-state index contributed by atoms with van der Waals surface area (Å²) in [5.41, 5.74) is 1.64. The van der Waals surface area contributed by atoms with Gasteiger partial charge in [0.25, 0.3) is 10.0 Å². The lowest BCUT2D eigenvalue weighted by Crippen LogP contribution is -2.51. The van der Waals surface area contributed by atoms with Gasteiger partial charge in [-0.25, -0.2) is 12.8 Å². The summed E-state index contributed by atoms with van der Waals surface area (Å²) >= 11 is 0. The van der Waals surface area contributed by atoms with Gasteiger partial charge in [0.1, 0.15) is 24.2 Å². The Hall–Kier alpha value is -3.92. The van der Waals surface area contributed by atoms with Gasteiger partial charge in [-0.15, -0.1) is 0 Å². The number of aryl methyl sites for hydroxylation is 1. The summed E-state index contributed by atoms with van der Waals surface area (Å²) in [6.45, 7) is 4.90. The van der Waals surface area contributed by atoms with E-state index < -0.39 is 40.2 Å². The van der Waals surface area contributed by atoms with Gasteiger partial charge in [-0.1, -0.05) is 42.0 Å². The summed E-state index contributed by atoms with van der Waals surface area (Å²) in [6.07, 6.45) is 0. The number of para-hydroxylation sites is 2. The number of benzene rings is 3. The highest BCUT2D eigenvalue weighted by molar-refractivity contribution is 7.92. The first kappa shape index (κ1) is 28.6. The normalized spacial score (nSPS) is 11.9. The summed E-state index contributed by atoms with van der Waals surface area (Å²) < 4.78 is 47.6. The van der Waals surface area contributed by atoms with E-state index >= 15 is 0 Å². The molecule has 38 heavy (non-hydrogen) atoms. The average Bonchev–Trinajstić information content (AvgIpc) is 2.91. The highest BCUT2D eigenvalue weighted by atomic mass is 32.2. The number of nitrogens with one attached hydrogen (secondary N) is 1. The van der Waals surface area contributed by atoms with Gasteiger partial charge in [0.05, 0.1) is 17.7 Å². The van der Waals surface area contributed by atoms with E-state index in [1.165, 1.54) is 48.4 Å². The smallest absolute Gasteiger partial charge is 0.264 e. The van der Waals surface area contributed by atoms with Crippen LogP contribution in [-0.4, -0.2) is 51.4 Å². The largest absolute Gasteiger partial charge is 0.495 e. The number of ether oxygens (including phenoxy) is 1. The number of amides is 2. The Morgan fingerprint density at radius 2 is 1.63 bits per heavy atom. The van der Waals surface area contributed by atoms with Crippen molar-refractivity contribution in [3.05, 3.63) is 89.7 Å². The fourth-order valence-corrected chi connectivity index (χ4v) is 5.30. The first-order chi connectivity index (χ1) is 18.1. The molecule has 0 aliphatic rings. The quantitative estimate of drug-likeness (QED) is 0.397. The van der Waals surface area contributed by atoms with Crippen molar-refractivity contribution in [3.63, 3.8) is 0 Å². The van der Waals surface area contributed by atoms with E-state index in [1.54, 1.807) is 50.2 Å². The van der Waals surface area contributed by atoms with Crippen LogP contribution >= 0.6 is 0 Å². The first-order valence-corrected chi connectivity index (χ1v) is 13.6. The third-order valence-corrected chi connectivity index (χ3v) is 7.80. The van der Waals surface area contributed by atoms with Gasteiger partial charge in [0.15, 0.2) is 0 Å². The molecule has 0 bridgehead atoms. The molecule has 1 N–H and O–H groups in total. The van der Waals surface area contributed by atoms with Gasteiger partial charge in [0, 0.05) is 13.1 Å². The number of carbonyl (C=O) groups excluding carboxylic acids is 2. The average molecular weight is 542 g/mol. The van der Waals surface area contributed by atoms with E-state index in [0.29, 0.717) is 12.1 Å². The van der Waals surface area contributed by atoms with E-state index in [4.69, 9.17) is 4.74 Å². The molecule has 0 aliphatic carbocycles. The molecule has 0 aliphatic heterocycles. The zero-order chi connectivity index (χ0) is 27.9. The minimum absolute atomic E-state index is 0.00339. The SMILES string of the molecule is CCNC(=O)[C@@H](C)N(Cc1ccc(F)cc1)C(=O)CN(c1ccccc1OC)S(=O)(=O)c1ccc(C)cc1. The molecule has 1 atom stereocenters. The highest BCUT2D eigenvalue weighted by Gasteiger charge is 2.33. The van der Waals surface area contributed by atoms with E-state index in [0.717, 1.165) is 9.87 Å². The molecule has 0 heterocycles. The fraction of sp³-hybridized carbons (Fsp3) is 0.286. The monoisotopic (exact) mass is 541 g/mol. The van der Waals surface area contributed by atoms with Crippen molar-refractivity contribution < 1.29 is 27.1 Å². The lowest BCUT2D eigenvalue weighted by molar-refractivity contribution is -0.139. The van der Waals surface area contributed by atoms with Gasteiger partial charge >= 0.3 is 0 Å². The minimum Gasteiger partial charge on any atom is -0.495 e. The second-order valence-electron chi connectivity index (χ2n) is 8.72. The number of rotatable bonds is 11. The molecule has 2 amide bonds. The molecule has 10 heteroatoms. The molecule has 3 aromatic rings. The molecule has 8 nitrogen and oxygen atoms in total. The minimum atomic E-state index is -4.21. The van der Waals surface area contributed by atoms with Crippen molar-refractivity contribution in [2.45, 2.75) is 38.3 Å². The summed E-state index contributed by atoms with van der Waals surface area (Å²) in [6, 6.07) is 17.4. The number of carbonyl (C=O) groups is 2. The van der Waals surface area contributed by atoms with Crippen molar-refractivity contribution >= 4 is 27.5 Å². The summed E-state index contributed by atoms with van der Waals surface area (Å²) in [4.78, 5) is 27.8. The van der Waals surface area contributed by atoms with Crippen LogP contribution in [0, 0.1) is 12.7 Å². The Kier molecular flexibility index (Phi) is 9.46. The molecule has 0 unspecified atom stereocenters. The molecule has 202 valence electrons. The Morgan fingerprint density at radius 3 is 2.24 bits per heavy atom. The third kappa shape index (κ3) is 6.69. The number of hydrogen-bond donors (Lipinski definition) is 1. The standard InChI is InChI=1S/C28H32FN3O5S/c1-5-30-28(34)21(3)31(18-22-12-14-23(29)15-13-22)27(33)19-32(25-8-6-7-9-26(25)37-4)38(35,36)24-16-10-20(2)11-17-24/h6-17,21H,5,18-19H2,1-4H3,(H,30,34)/t21-/m1/s1. The van der Waals surface area contributed by atoms with E-state index in [-0.39, 0.29) is 22.9 Å². The molecule has 0 fully saturated rings. The Labute approximate surface area is 223 Å². The number of sulfonamides is 1. The van der Waals surface area contributed by atoms with Crippen LogP contribution in [0.3, 0.4) is 0 Å². The summed E-state index contributed by atoms with van der Waals surface area (Å²) in [5.74, 6) is -1.18. The molecule has 0 aromatic heterocycles. The lowest BCUT2D eigenvalue weighted by Gasteiger charge is -2.32. The summed E-state index contributed by atoms with van der Waals surface area (Å²) in [5, 5.41) is 2.70. The molecule has 0 saturated carbocycles. The number of likely N-dealkylation sites (N-methyl/N-ethyl adjacent to an activating group) is 1. The van der Waals surface area contributed by atoms with Gasteiger partial charge < -0.3 is 15.0 Å². The van der Waals surface area contributed by atoms with Gasteiger partial charge in [-0.3, -0.25) is 13.9 Å². The number of anilines is 1. The maximum absolute atomic E-state index is 13.9. The molecule has 3 rings (SSSR count). The molecule has 0 radical (unpaired) electrons. The van der Waals surface area contributed by atoms with Crippen LogP contribution in [0.1, 0.15) is 25.0 Å². The van der Waals surface area contributed by atoms with Gasteiger partial charge in [0.2, 0.25) is 11.8 Å². The molecular weight excluding hydrogens is 509 g/mol. The van der Waals surface area contributed by atoms with Crippen molar-refractivity contribution in [2.24, 2.45) is 0 Å². The zero-order valence-electron chi connectivity index (χ0n) is 21.8. The van der Waals surface area contributed by atoms with E-state index in [2.05, 4.69) is 5.32 Å². The second kappa shape index (κ2) is 12.6. The molecular formula is C28H32FN3O5S. The van der Waals surface area contributed by atoms with E-state index in [1.807, 2.05) is 6.92 Å². The van der Waals surface area contributed by atoms with Crippen LogP contribution in [-0.2, 0) is 26.2 Å². The maximum atomic E-state index is 13.9. The van der Waals surface area contributed by atoms with E-state index in [9.17, 15) is 22.4 Å². The van der Waals surface area contributed by atoms with Crippen molar-refractivity contribution in [1.29, 1.82) is 0 Å². The fourth-order valence-electron chi connectivity index (χ4n) is 3.88. The number of hydrogen-bond acceptors (Lipinski definition) is 5. The van der Waals surface area contributed by atoms with Crippen LogP contribution in [0.2, 0.25) is 0 Å². The summed E-state index contributed by atoms with van der Waals surface area (Å²) in [7, 11) is -2.80. The third-order valence-electron chi connectivity index (χ3n) is 6.03. The van der Waals surface area contributed by atoms with Gasteiger partial charge in [-0.05, 0) is 62.7 Å². The predicted octanol–water partition coefficient (Wildman–Crippen LogP) is 3.89. The number of nitrogens with zero attached hydrogens (tertiary/aromatic N) is 2. The number of methoxy groups -OCH3 is 1. The van der Waals surface area contributed by atoms with Gasteiger partial charge in [-0.2, -0.15) is 0 Å². The maximum Gasteiger partial charge on any atom is 0.264 e. The molecule has 0 spiro atoms. The Morgan fingerprint density at radius 1 is 1.00 bits per heavy atom. The van der Waals surface area contributed by atoms with Crippen LogP contribution in [0.15, 0.2) is 77.7 Å². The van der Waals surface area contributed by atoms with Crippen molar-refractivity contribution in [2.75, 3.05) is 24.5 Å². The Balaban J connectivity index is 2.06. The Bertz CT molecular complexity index is 1360. The highest BCUT2D eigenvalue weighted by Crippen LogP contribution is 2.32. The lowest BCUT2D eigenvalue weighted by atomic mass is 10.1. The van der Waals surface area contributed by atoms with Crippen LogP contribution < -0.4 is 14.4 Å². The van der Waals surface area contributed by atoms with Crippen LogP contribution in [0.25, 0.3) is 0 Å². The zero-order valence-corrected chi connectivity index (χ0v) is 22.7. The van der Waals surface area contributed by atoms with Crippen molar-refractivity contribution in [1.82, 2.24) is 10.2 Å². The number of halogens is 1. The van der Waals surface area contributed by atoms with Crippen LogP contribution in [0.5, 0.6) is 5.75 Å². The topological polar surface area (TPSA) is 96.0 Å². The predicted molar refractivity (Wildman–Crippen MR) is 144 cm³/mol. The van der Waals surface area contributed by atoms with Crippen LogP contribution in [0.4, 0.5) is 10.1 Å². The first-order valence-electron chi connectivity index (χ1n) is 12.1.